The fourth-order valence-corrected chi connectivity index (χ4v) is 1.80. The molecule has 2 aromatic rings. The molecule has 0 N–H and O–H groups in total. The van der Waals surface area contributed by atoms with Crippen LogP contribution in [0.4, 0.5) is 0 Å². The molecule has 0 spiro atoms. The molecular weight excluding hydrogens is 250 g/mol. The van der Waals surface area contributed by atoms with Gasteiger partial charge in [0.15, 0.2) is 0 Å². The van der Waals surface area contributed by atoms with Crippen LogP contribution in [0.3, 0.4) is 0 Å². The van der Waals surface area contributed by atoms with Crippen molar-refractivity contribution in [2.24, 2.45) is 0 Å². The van der Waals surface area contributed by atoms with Gasteiger partial charge in [-0.3, -0.25) is 0 Å². The lowest BCUT2D eigenvalue weighted by molar-refractivity contribution is 0.295. The minimum absolute atomic E-state index is 0.402. The molecular formula is C13H12ClN3O. The summed E-state index contributed by atoms with van der Waals surface area (Å²) in [6, 6.07) is 7.04. The molecule has 0 atom stereocenters. The van der Waals surface area contributed by atoms with E-state index >= 15 is 0 Å². The van der Waals surface area contributed by atoms with E-state index in [1.54, 1.807) is 30.7 Å². The molecule has 0 aliphatic rings. The second-order valence-electron chi connectivity index (χ2n) is 3.71. The fraction of sp³-hybridized carbons (Fsp3) is 0.231. The molecule has 0 aliphatic heterocycles. The van der Waals surface area contributed by atoms with Crippen LogP contribution in [0.2, 0.25) is 5.02 Å². The summed E-state index contributed by atoms with van der Waals surface area (Å²) < 4.78 is 7.62. The third-order valence-electron chi connectivity index (χ3n) is 2.59. The number of hydrogen-bond acceptors (Lipinski definition) is 3. The average molecular weight is 262 g/mol. The molecule has 1 aromatic carbocycles. The minimum Gasteiger partial charge on any atom is -0.487 e. The Kier molecular flexibility index (Phi) is 3.85. The maximum Gasteiger partial charge on any atom is 0.130 e. The molecule has 0 aliphatic carbocycles. The number of benzene rings is 1. The number of nitrogens with zero attached hydrogens (tertiary/aromatic N) is 3. The highest BCUT2D eigenvalue weighted by Crippen LogP contribution is 2.22. The standard InChI is InChI=1S/C13H12ClN3O/c1-2-17-9-16-7-11(17)8-18-12-4-3-10(6-15)13(14)5-12/h3-5,7,9H,2,8H2,1H3. The lowest BCUT2D eigenvalue weighted by Gasteiger charge is -2.08. The smallest absolute Gasteiger partial charge is 0.130 e. The quantitative estimate of drug-likeness (QED) is 0.850. The van der Waals surface area contributed by atoms with Crippen LogP contribution in [-0.2, 0) is 13.2 Å². The number of hydrogen-bond donors (Lipinski definition) is 0. The van der Waals surface area contributed by atoms with Crippen molar-refractivity contribution in [1.29, 1.82) is 5.26 Å². The third kappa shape index (κ3) is 2.63. The van der Waals surface area contributed by atoms with Gasteiger partial charge in [0.05, 0.1) is 28.8 Å². The SMILES string of the molecule is CCn1cncc1COc1ccc(C#N)c(Cl)c1. The summed E-state index contributed by atoms with van der Waals surface area (Å²) >= 11 is 5.93. The molecule has 0 amide bonds. The van der Waals surface area contributed by atoms with Gasteiger partial charge in [0.2, 0.25) is 0 Å². The Morgan fingerprint density at radius 2 is 2.33 bits per heavy atom. The topological polar surface area (TPSA) is 50.8 Å². The van der Waals surface area contributed by atoms with Gasteiger partial charge in [-0.15, -0.1) is 0 Å². The molecule has 1 aromatic heterocycles. The van der Waals surface area contributed by atoms with Crippen LogP contribution in [0.25, 0.3) is 0 Å². The fourth-order valence-electron chi connectivity index (χ4n) is 1.59. The van der Waals surface area contributed by atoms with E-state index in [1.165, 1.54) is 0 Å². The number of aryl methyl sites for hydroxylation is 1. The van der Waals surface area contributed by atoms with Gasteiger partial charge in [0.25, 0.3) is 0 Å². The van der Waals surface area contributed by atoms with Crippen molar-refractivity contribution in [3.05, 3.63) is 47.0 Å². The summed E-state index contributed by atoms with van der Waals surface area (Å²) in [6.45, 7) is 3.33. The summed E-state index contributed by atoms with van der Waals surface area (Å²) in [5.41, 5.74) is 1.44. The molecule has 0 saturated carbocycles. The Morgan fingerprint density at radius 1 is 1.50 bits per heavy atom. The van der Waals surface area contributed by atoms with Crippen molar-refractivity contribution in [3.63, 3.8) is 0 Å². The predicted octanol–water partition coefficient (Wildman–Crippen LogP) is 3.01. The normalized spacial score (nSPS) is 10.1. The molecule has 5 heteroatoms. The lowest BCUT2D eigenvalue weighted by atomic mass is 10.2. The van der Waals surface area contributed by atoms with Gasteiger partial charge in [0.1, 0.15) is 18.4 Å². The van der Waals surface area contributed by atoms with Crippen LogP contribution in [-0.4, -0.2) is 9.55 Å². The maximum atomic E-state index is 8.77. The molecule has 0 fully saturated rings. The molecule has 0 unspecified atom stereocenters. The first-order chi connectivity index (χ1) is 8.74. The predicted molar refractivity (Wildman–Crippen MR) is 68.4 cm³/mol. The Hall–Kier alpha value is -1.99. The second-order valence-corrected chi connectivity index (χ2v) is 4.12. The third-order valence-corrected chi connectivity index (χ3v) is 2.90. The molecule has 2 rings (SSSR count). The zero-order valence-electron chi connectivity index (χ0n) is 9.93. The summed E-state index contributed by atoms with van der Waals surface area (Å²) in [7, 11) is 0. The Labute approximate surface area is 110 Å². The van der Waals surface area contributed by atoms with E-state index in [0.717, 1.165) is 12.2 Å². The summed E-state index contributed by atoms with van der Waals surface area (Å²) in [5.74, 6) is 0.642. The molecule has 4 nitrogen and oxygen atoms in total. The monoisotopic (exact) mass is 261 g/mol. The van der Waals surface area contributed by atoms with Crippen LogP contribution in [0, 0.1) is 11.3 Å². The zero-order valence-corrected chi connectivity index (χ0v) is 10.7. The Balaban J connectivity index is 2.07. The van der Waals surface area contributed by atoms with E-state index in [2.05, 4.69) is 4.98 Å². The van der Waals surface area contributed by atoms with Gasteiger partial charge in [-0.25, -0.2) is 4.98 Å². The highest BCUT2D eigenvalue weighted by Gasteiger charge is 2.04. The van der Waals surface area contributed by atoms with E-state index in [-0.39, 0.29) is 0 Å². The highest BCUT2D eigenvalue weighted by molar-refractivity contribution is 6.31. The van der Waals surface area contributed by atoms with E-state index in [0.29, 0.717) is 22.9 Å². The number of rotatable bonds is 4. The molecule has 0 bridgehead atoms. The van der Waals surface area contributed by atoms with Crippen molar-refractivity contribution in [2.75, 3.05) is 0 Å². The number of aromatic nitrogens is 2. The molecule has 1 heterocycles. The molecule has 18 heavy (non-hydrogen) atoms. The minimum atomic E-state index is 0.402. The molecule has 92 valence electrons. The summed E-state index contributed by atoms with van der Waals surface area (Å²) in [5, 5.41) is 9.17. The number of nitriles is 1. The average Bonchev–Trinajstić information content (AvgIpc) is 2.84. The number of imidazole rings is 1. The van der Waals surface area contributed by atoms with Crippen LogP contribution >= 0.6 is 11.6 Å². The van der Waals surface area contributed by atoms with E-state index in [4.69, 9.17) is 21.6 Å². The zero-order chi connectivity index (χ0) is 13.0. The van der Waals surface area contributed by atoms with Crippen molar-refractivity contribution >= 4 is 11.6 Å². The van der Waals surface area contributed by atoms with Crippen molar-refractivity contribution in [2.45, 2.75) is 20.1 Å². The first kappa shape index (κ1) is 12.5. The van der Waals surface area contributed by atoms with Crippen molar-refractivity contribution in [1.82, 2.24) is 9.55 Å². The van der Waals surface area contributed by atoms with Gasteiger partial charge in [-0.1, -0.05) is 11.6 Å². The molecule has 0 saturated heterocycles. The highest BCUT2D eigenvalue weighted by atomic mass is 35.5. The second kappa shape index (κ2) is 5.56. The van der Waals surface area contributed by atoms with Crippen LogP contribution < -0.4 is 4.74 Å². The first-order valence-corrected chi connectivity index (χ1v) is 5.94. The van der Waals surface area contributed by atoms with E-state index in [9.17, 15) is 0 Å². The van der Waals surface area contributed by atoms with Crippen molar-refractivity contribution < 1.29 is 4.74 Å². The van der Waals surface area contributed by atoms with E-state index < -0.39 is 0 Å². The van der Waals surface area contributed by atoms with Gasteiger partial charge in [-0.2, -0.15) is 5.26 Å². The molecule has 0 radical (unpaired) electrons. The van der Waals surface area contributed by atoms with Crippen LogP contribution in [0.1, 0.15) is 18.2 Å². The van der Waals surface area contributed by atoms with Gasteiger partial charge in [0, 0.05) is 12.6 Å². The van der Waals surface area contributed by atoms with Crippen molar-refractivity contribution in [3.8, 4) is 11.8 Å². The van der Waals surface area contributed by atoms with Crippen LogP contribution in [0.15, 0.2) is 30.7 Å². The summed E-state index contributed by atoms with van der Waals surface area (Å²) in [4.78, 5) is 4.06. The van der Waals surface area contributed by atoms with Gasteiger partial charge in [-0.05, 0) is 19.1 Å². The largest absolute Gasteiger partial charge is 0.487 e. The summed E-state index contributed by atoms with van der Waals surface area (Å²) in [6.07, 6.45) is 3.54. The van der Waals surface area contributed by atoms with E-state index in [1.807, 2.05) is 17.6 Å². The maximum absolute atomic E-state index is 8.77. The number of halogens is 1. The van der Waals surface area contributed by atoms with Crippen LogP contribution in [0.5, 0.6) is 5.75 Å². The Bertz CT molecular complexity index is 586. The van der Waals surface area contributed by atoms with Gasteiger partial charge < -0.3 is 9.30 Å². The lowest BCUT2D eigenvalue weighted by Crippen LogP contribution is -2.03. The number of ether oxygens (including phenoxy) is 1. The van der Waals surface area contributed by atoms with Gasteiger partial charge >= 0.3 is 0 Å². The Morgan fingerprint density at radius 3 is 3.00 bits per heavy atom. The first-order valence-electron chi connectivity index (χ1n) is 5.56.